The van der Waals surface area contributed by atoms with Gasteiger partial charge in [-0.15, -0.1) is 0 Å². The third-order valence-electron chi connectivity index (χ3n) is 1.56. The van der Waals surface area contributed by atoms with Crippen molar-refractivity contribution in [3.05, 3.63) is 0 Å². The van der Waals surface area contributed by atoms with Crippen LogP contribution in [0, 0.1) is 0 Å². The van der Waals surface area contributed by atoms with Crippen LogP contribution >= 0.6 is 12.6 Å². The largest absolute Gasteiger partial charge is 0.378 e. The van der Waals surface area contributed by atoms with E-state index >= 15 is 0 Å². The Kier molecular flexibility index (Phi) is 9.57. The zero-order chi connectivity index (χ0) is 9.23. The molecule has 2 nitrogen and oxygen atoms in total. The smallest absolute Gasteiger partial charge is 0.0704 e. The molecule has 0 aromatic heterocycles. The Hall–Kier alpha value is 0.270. The van der Waals surface area contributed by atoms with Gasteiger partial charge in [-0.2, -0.15) is 12.6 Å². The molecule has 0 radical (unpaired) electrons. The maximum Gasteiger partial charge on any atom is 0.0704 e. The van der Waals surface area contributed by atoms with Gasteiger partial charge in [0, 0.05) is 5.75 Å². The summed E-state index contributed by atoms with van der Waals surface area (Å²) >= 11 is 4.03. The highest BCUT2D eigenvalue weighted by molar-refractivity contribution is 7.80. The Morgan fingerprint density at radius 3 is 2.58 bits per heavy atom. The summed E-state index contributed by atoms with van der Waals surface area (Å²) in [6, 6.07) is 0. The van der Waals surface area contributed by atoms with E-state index in [9.17, 15) is 0 Å². The molecule has 0 saturated carbocycles. The van der Waals surface area contributed by atoms with E-state index in [1.165, 1.54) is 6.42 Å². The van der Waals surface area contributed by atoms with Crippen molar-refractivity contribution in [2.75, 3.05) is 25.6 Å². The van der Waals surface area contributed by atoms with Gasteiger partial charge in [-0.25, -0.2) is 0 Å². The first-order chi connectivity index (χ1) is 5.81. The number of thiol groups is 1. The molecule has 0 saturated heterocycles. The molecule has 74 valence electrons. The maximum atomic E-state index is 5.48. The molecule has 0 spiro atoms. The average molecular weight is 192 g/mol. The molecule has 0 aromatic carbocycles. The second kappa shape index (κ2) is 9.36. The Morgan fingerprint density at radius 1 is 1.25 bits per heavy atom. The van der Waals surface area contributed by atoms with Crippen LogP contribution in [0.5, 0.6) is 0 Å². The van der Waals surface area contributed by atoms with E-state index in [0.717, 1.165) is 12.2 Å². The first-order valence-electron chi connectivity index (χ1n) is 4.61. The van der Waals surface area contributed by atoms with Crippen LogP contribution in [0.3, 0.4) is 0 Å². The van der Waals surface area contributed by atoms with Crippen molar-refractivity contribution < 1.29 is 9.47 Å². The number of ether oxygens (including phenoxy) is 2. The van der Waals surface area contributed by atoms with Gasteiger partial charge in [0.25, 0.3) is 0 Å². The summed E-state index contributed by atoms with van der Waals surface area (Å²) < 4.78 is 10.7. The van der Waals surface area contributed by atoms with Crippen molar-refractivity contribution in [3.8, 4) is 0 Å². The van der Waals surface area contributed by atoms with Crippen molar-refractivity contribution in [3.63, 3.8) is 0 Å². The molecule has 1 unspecified atom stereocenters. The molecule has 0 amide bonds. The van der Waals surface area contributed by atoms with Crippen LogP contribution in [0.1, 0.15) is 26.7 Å². The lowest BCUT2D eigenvalue weighted by molar-refractivity contribution is 0.0126. The first kappa shape index (κ1) is 12.3. The summed E-state index contributed by atoms with van der Waals surface area (Å²) in [6.45, 7) is 6.37. The normalized spacial score (nSPS) is 13.2. The van der Waals surface area contributed by atoms with Gasteiger partial charge < -0.3 is 9.47 Å². The van der Waals surface area contributed by atoms with Crippen molar-refractivity contribution in [1.29, 1.82) is 0 Å². The summed E-state index contributed by atoms with van der Waals surface area (Å²) in [5.74, 6) is 0.782. The highest BCUT2D eigenvalue weighted by Gasteiger charge is 1.98. The molecule has 0 rings (SSSR count). The molecule has 0 bridgehead atoms. The third-order valence-corrected chi connectivity index (χ3v) is 1.74. The fourth-order valence-corrected chi connectivity index (χ4v) is 1.09. The minimum absolute atomic E-state index is 0.370. The van der Waals surface area contributed by atoms with Crippen molar-refractivity contribution in [2.24, 2.45) is 0 Å². The van der Waals surface area contributed by atoms with Crippen molar-refractivity contribution >= 4 is 12.6 Å². The molecular weight excluding hydrogens is 172 g/mol. The molecule has 0 fully saturated rings. The Balaban J connectivity index is 2.97. The summed E-state index contributed by atoms with van der Waals surface area (Å²) in [5.41, 5.74) is 0. The van der Waals surface area contributed by atoms with E-state index in [4.69, 9.17) is 9.47 Å². The van der Waals surface area contributed by atoms with Gasteiger partial charge in [0.2, 0.25) is 0 Å². The molecular formula is C9H20O2S. The van der Waals surface area contributed by atoms with Crippen LogP contribution in [-0.4, -0.2) is 31.7 Å². The SMILES string of the molecule is CCCC(C)OCCOCCS. The Bertz CT molecular complexity index is 88.6. The first-order valence-corrected chi connectivity index (χ1v) is 5.24. The average Bonchev–Trinajstić information content (AvgIpc) is 2.05. The van der Waals surface area contributed by atoms with Gasteiger partial charge in [0.15, 0.2) is 0 Å². The van der Waals surface area contributed by atoms with Crippen LogP contribution in [-0.2, 0) is 9.47 Å². The lowest BCUT2D eigenvalue weighted by atomic mass is 10.2. The highest BCUT2D eigenvalue weighted by atomic mass is 32.1. The fraction of sp³-hybridized carbons (Fsp3) is 1.00. The fourth-order valence-electron chi connectivity index (χ4n) is 0.965. The minimum Gasteiger partial charge on any atom is -0.378 e. The van der Waals surface area contributed by atoms with E-state index < -0.39 is 0 Å². The van der Waals surface area contributed by atoms with Crippen LogP contribution in [0.15, 0.2) is 0 Å². The molecule has 3 heteroatoms. The predicted molar refractivity (Wildman–Crippen MR) is 55.0 cm³/mol. The quantitative estimate of drug-likeness (QED) is 0.469. The van der Waals surface area contributed by atoms with E-state index in [-0.39, 0.29) is 0 Å². The predicted octanol–water partition coefficient (Wildman–Crippen LogP) is 2.14. The van der Waals surface area contributed by atoms with Crippen molar-refractivity contribution in [2.45, 2.75) is 32.8 Å². The standard InChI is InChI=1S/C9H20O2S/c1-3-4-9(2)11-6-5-10-7-8-12/h9,12H,3-8H2,1-2H3. The Labute approximate surface area is 81.0 Å². The maximum absolute atomic E-state index is 5.48. The summed E-state index contributed by atoms with van der Waals surface area (Å²) in [7, 11) is 0. The molecule has 0 aliphatic rings. The van der Waals surface area contributed by atoms with Gasteiger partial charge in [-0.3, -0.25) is 0 Å². The monoisotopic (exact) mass is 192 g/mol. The van der Waals surface area contributed by atoms with Gasteiger partial charge in [0.1, 0.15) is 0 Å². The van der Waals surface area contributed by atoms with Gasteiger partial charge in [-0.1, -0.05) is 13.3 Å². The lowest BCUT2D eigenvalue weighted by Crippen LogP contribution is -2.13. The van der Waals surface area contributed by atoms with E-state index in [0.29, 0.717) is 25.9 Å². The van der Waals surface area contributed by atoms with Gasteiger partial charge >= 0.3 is 0 Å². The number of hydrogen-bond acceptors (Lipinski definition) is 3. The van der Waals surface area contributed by atoms with Gasteiger partial charge in [0.05, 0.1) is 25.9 Å². The van der Waals surface area contributed by atoms with Crippen molar-refractivity contribution in [1.82, 2.24) is 0 Å². The molecule has 0 aliphatic heterocycles. The molecule has 0 heterocycles. The van der Waals surface area contributed by atoms with Crippen LogP contribution in [0.4, 0.5) is 0 Å². The number of hydrogen-bond donors (Lipinski definition) is 1. The van der Waals surface area contributed by atoms with E-state index in [2.05, 4.69) is 26.5 Å². The third kappa shape index (κ3) is 8.37. The summed E-state index contributed by atoms with van der Waals surface area (Å²) in [4.78, 5) is 0. The molecule has 12 heavy (non-hydrogen) atoms. The molecule has 0 aromatic rings. The van der Waals surface area contributed by atoms with E-state index in [1.807, 2.05) is 0 Å². The minimum atomic E-state index is 0.370. The molecule has 1 atom stereocenters. The lowest BCUT2D eigenvalue weighted by Gasteiger charge is -2.11. The van der Waals surface area contributed by atoms with Crippen LogP contribution in [0.25, 0.3) is 0 Å². The summed E-state index contributed by atoms with van der Waals surface area (Å²) in [5, 5.41) is 0. The van der Waals surface area contributed by atoms with Gasteiger partial charge in [-0.05, 0) is 13.3 Å². The second-order valence-corrected chi connectivity index (χ2v) is 3.25. The zero-order valence-electron chi connectivity index (χ0n) is 8.08. The van der Waals surface area contributed by atoms with Crippen LogP contribution < -0.4 is 0 Å². The van der Waals surface area contributed by atoms with Crippen LogP contribution in [0.2, 0.25) is 0 Å². The molecule has 0 N–H and O–H groups in total. The zero-order valence-corrected chi connectivity index (χ0v) is 8.98. The second-order valence-electron chi connectivity index (χ2n) is 2.81. The topological polar surface area (TPSA) is 18.5 Å². The highest BCUT2D eigenvalue weighted by Crippen LogP contribution is 1.99. The summed E-state index contributed by atoms with van der Waals surface area (Å²) in [6.07, 6.45) is 2.68. The number of rotatable bonds is 8. The van der Waals surface area contributed by atoms with E-state index in [1.54, 1.807) is 0 Å². The Morgan fingerprint density at radius 2 is 2.00 bits per heavy atom. The molecule has 0 aliphatic carbocycles.